The van der Waals surface area contributed by atoms with E-state index in [9.17, 15) is 9.59 Å². The summed E-state index contributed by atoms with van der Waals surface area (Å²) < 4.78 is -0.494. The Morgan fingerprint density at radius 3 is 2.75 bits per heavy atom. The number of carboxylic acid groups (broad SMARTS) is 1. The highest BCUT2D eigenvalue weighted by Crippen LogP contribution is 2.28. The normalized spacial score (nSPS) is 27.8. The minimum atomic E-state index is -0.966. The Balaban J connectivity index is 2.64. The number of nitrogens with one attached hydrogen (secondary N) is 1. The number of hydrogen-bond acceptors (Lipinski definition) is 3. The molecule has 0 saturated carbocycles. The molecule has 0 radical (unpaired) electrons. The Bertz CT molecular complexity index is 227. The molecular weight excluding hydrogens is 178 g/mol. The molecule has 68 valence electrons. The molecule has 1 fully saturated rings. The van der Waals surface area contributed by atoms with Crippen LogP contribution in [0.4, 0.5) is 0 Å². The Kier molecular flexibility index (Phi) is 2.32. The second-order valence-electron chi connectivity index (χ2n) is 3.19. The van der Waals surface area contributed by atoms with Crippen LogP contribution in [0.25, 0.3) is 0 Å². The number of hydrogen-bond donors (Lipinski definition) is 2. The second kappa shape index (κ2) is 2.97. The van der Waals surface area contributed by atoms with Crippen molar-refractivity contribution in [2.45, 2.75) is 24.6 Å². The molecular formula is C7H11NO3S. The van der Waals surface area contributed by atoms with E-state index in [1.807, 2.05) is 0 Å². The first-order chi connectivity index (χ1) is 5.43. The maximum absolute atomic E-state index is 11.2. The van der Waals surface area contributed by atoms with Gasteiger partial charge in [0.1, 0.15) is 6.04 Å². The van der Waals surface area contributed by atoms with Gasteiger partial charge in [-0.25, -0.2) is 4.79 Å². The minimum Gasteiger partial charge on any atom is -0.480 e. The number of carbonyl (C=O) groups excluding carboxylic acids is 1. The van der Waals surface area contributed by atoms with E-state index in [2.05, 4.69) is 5.32 Å². The lowest BCUT2D eigenvalue weighted by Gasteiger charge is -2.31. The predicted molar refractivity (Wildman–Crippen MR) is 46.1 cm³/mol. The number of rotatable bonds is 1. The lowest BCUT2D eigenvalue weighted by Crippen LogP contribution is -2.54. The molecule has 5 heteroatoms. The molecule has 2 N–H and O–H groups in total. The monoisotopic (exact) mass is 189 g/mol. The van der Waals surface area contributed by atoms with Crippen LogP contribution in [0.15, 0.2) is 0 Å². The van der Waals surface area contributed by atoms with Gasteiger partial charge in [-0.05, 0) is 13.8 Å². The van der Waals surface area contributed by atoms with Crippen LogP contribution in [0.5, 0.6) is 0 Å². The van der Waals surface area contributed by atoms with Crippen molar-refractivity contribution in [2.75, 3.05) is 5.75 Å². The SMILES string of the molecule is CC1(C)SC[C@H](C(=O)O)NC1=O. The molecule has 12 heavy (non-hydrogen) atoms. The van der Waals surface area contributed by atoms with E-state index in [1.54, 1.807) is 13.8 Å². The van der Waals surface area contributed by atoms with Gasteiger partial charge in [0.05, 0.1) is 4.75 Å². The minimum absolute atomic E-state index is 0.203. The molecule has 1 aliphatic heterocycles. The van der Waals surface area contributed by atoms with E-state index in [1.165, 1.54) is 11.8 Å². The quantitative estimate of drug-likeness (QED) is 0.613. The molecule has 1 rings (SSSR count). The Hall–Kier alpha value is -0.710. The average molecular weight is 189 g/mol. The van der Waals surface area contributed by atoms with Gasteiger partial charge in [-0.15, -0.1) is 11.8 Å². The number of aliphatic carboxylic acids is 1. The van der Waals surface area contributed by atoms with Gasteiger partial charge < -0.3 is 10.4 Å². The summed E-state index contributed by atoms with van der Waals surface area (Å²) in [6.07, 6.45) is 0. The van der Waals surface area contributed by atoms with Crippen LogP contribution < -0.4 is 5.32 Å². The van der Waals surface area contributed by atoms with Gasteiger partial charge in [0.2, 0.25) is 5.91 Å². The lowest BCUT2D eigenvalue weighted by atomic mass is 10.1. The van der Waals surface area contributed by atoms with Crippen LogP contribution in [0.3, 0.4) is 0 Å². The number of carboxylic acids is 1. The highest BCUT2D eigenvalue weighted by atomic mass is 32.2. The fraction of sp³-hybridized carbons (Fsp3) is 0.714. The summed E-state index contributed by atoms with van der Waals surface area (Å²) >= 11 is 1.37. The fourth-order valence-electron chi connectivity index (χ4n) is 0.864. The van der Waals surface area contributed by atoms with Crippen molar-refractivity contribution < 1.29 is 14.7 Å². The van der Waals surface area contributed by atoms with E-state index in [-0.39, 0.29) is 5.91 Å². The topological polar surface area (TPSA) is 66.4 Å². The molecule has 0 aliphatic carbocycles. The Morgan fingerprint density at radius 1 is 1.75 bits per heavy atom. The van der Waals surface area contributed by atoms with Crippen molar-refractivity contribution >= 4 is 23.6 Å². The summed E-state index contributed by atoms with van der Waals surface area (Å²) in [6, 6.07) is -0.726. The third-order valence-corrected chi connectivity index (χ3v) is 3.17. The standard InChI is InChI=1S/C7H11NO3S/c1-7(2)6(11)8-4(3-12-7)5(9)10/h4H,3H2,1-2H3,(H,8,11)(H,9,10)/t4-/m1/s1. The molecule has 1 amide bonds. The van der Waals surface area contributed by atoms with Gasteiger partial charge in [0.15, 0.2) is 0 Å². The van der Waals surface area contributed by atoms with Crippen molar-refractivity contribution in [3.05, 3.63) is 0 Å². The molecule has 1 aliphatic rings. The van der Waals surface area contributed by atoms with Gasteiger partial charge in [-0.3, -0.25) is 4.79 Å². The zero-order valence-corrected chi connectivity index (χ0v) is 7.77. The summed E-state index contributed by atoms with van der Waals surface area (Å²) in [6.45, 7) is 3.57. The second-order valence-corrected chi connectivity index (χ2v) is 4.83. The first-order valence-electron chi connectivity index (χ1n) is 3.61. The Labute approximate surface area is 74.7 Å². The van der Waals surface area contributed by atoms with Gasteiger partial charge in [-0.2, -0.15) is 0 Å². The number of amides is 1. The molecule has 0 bridgehead atoms. The number of thioether (sulfide) groups is 1. The zero-order chi connectivity index (χ0) is 9.35. The fourth-order valence-corrected chi connectivity index (χ4v) is 1.86. The van der Waals surface area contributed by atoms with Crippen LogP contribution in [0.1, 0.15) is 13.8 Å². The van der Waals surface area contributed by atoms with Gasteiger partial charge >= 0.3 is 5.97 Å². The van der Waals surface area contributed by atoms with Gasteiger partial charge in [-0.1, -0.05) is 0 Å². The summed E-state index contributed by atoms with van der Waals surface area (Å²) in [5, 5.41) is 11.0. The largest absolute Gasteiger partial charge is 0.480 e. The van der Waals surface area contributed by atoms with E-state index in [4.69, 9.17) is 5.11 Å². The van der Waals surface area contributed by atoms with Crippen LogP contribution in [-0.2, 0) is 9.59 Å². The molecule has 0 unspecified atom stereocenters. The molecule has 0 aromatic rings. The van der Waals surface area contributed by atoms with Crippen molar-refractivity contribution in [1.82, 2.24) is 5.32 Å². The van der Waals surface area contributed by atoms with Crippen molar-refractivity contribution in [1.29, 1.82) is 0 Å². The maximum atomic E-state index is 11.2. The molecule has 1 heterocycles. The van der Waals surface area contributed by atoms with E-state index >= 15 is 0 Å². The summed E-state index contributed by atoms with van der Waals surface area (Å²) in [7, 11) is 0. The highest BCUT2D eigenvalue weighted by Gasteiger charge is 2.37. The first-order valence-corrected chi connectivity index (χ1v) is 4.60. The van der Waals surface area contributed by atoms with Gasteiger partial charge in [0.25, 0.3) is 0 Å². The van der Waals surface area contributed by atoms with Crippen LogP contribution in [0.2, 0.25) is 0 Å². The molecule has 0 aromatic carbocycles. The first kappa shape index (κ1) is 9.38. The van der Waals surface area contributed by atoms with Crippen LogP contribution in [-0.4, -0.2) is 33.5 Å². The molecule has 0 aromatic heterocycles. The van der Waals surface area contributed by atoms with Crippen molar-refractivity contribution in [2.24, 2.45) is 0 Å². The van der Waals surface area contributed by atoms with E-state index in [0.29, 0.717) is 5.75 Å². The zero-order valence-electron chi connectivity index (χ0n) is 6.96. The Morgan fingerprint density at radius 2 is 2.33 bits per heavy atom. The van der Waals surface area contributed by atoms with E-state index in [0.717, 1.165) is 0 Å². The third-order valence-electron chi connectivity index (χ3n) is 1.76. The highest BCUT2D eigenvalue weighted by molar-refractivity contribution is 8.01. The van der Waals surface area contributed by atoms with Crippen molar-refractivity contribution in [3.8, 4) is 0 Å². The van der Waals surface area contributed by atoms with Crippen molar-refractivity contribution in [3.63, 3.8) is 0 Å². The average Bonchev–Trinajstić information content (AvgIpc) is 1.94. The summed E-state index contributed by atoms with van der Waals surface area (Å²) in [4.78, 5) is 21.7. The van der Waals surface area contributed by atoms with E-state index < -0.39 is 16.8 Å². The lowest BCUT2D eigenvalue weighted by molar-refractivity contribution is -0.141. The summed E-state index contributed by atoms with van der Waals surface area (Å²) in [5.74, 6) is -0.730. The van der Waals surface area contributed by atoms with Gasteiger partial charge in [0, 0.05) is 5.75 Å². The third kappa shape index (κ3) is 1.72. The molecule has 0 spiro atoms. The molecule has 1 atom stereocenters. The molecule has 4 nitrogen and oxygen atoms in total. The molecule has 1 saturated heterocycles. The van der Waals surface area contributed by atoms with Crippen LogP contribution >= 0.6 is 11.8 Å². The number of carbonyl (C=O) groups is 2. The van der Waals surface area contributed by atoms with Crippen LogP contribution in [0, 0.1) is 0 Å². The maximum Gasteiger partial charge on any atom is 0.327 e. The predicted octanol–water partition coefficient (Wildman–Crippen LogP) is 0.0812. The smallest absolute Gasteiger partial charge is 0.327 e. The summed E-state index contributed by atoms with van der Waals surface area (Å²) in [5.41, 5.74) is 0.